The highest BCUT2D eigenvalue weighted by Crippen LogP contribution is 2.30. The second kappa shape index (κ2) is 9.57. The largest absolute Gasteiger partial charge is 0.495 e. The first-order valence-electron chi connectivity index (χ1n) is 10.2. The lowest BCUT2D eigenvalue weighted by molar-refractivity contribution is 0.168. The fourth-order valence-corrected chi connectivity index (χ4v) is 5.07. The third kappa shape index (κ3) is 4.94. The van der Waals surface area contributed by atoms with Crippen molar-refractivity contribution in [1.29, 1.82) is 0 Å². The molecule has 1 fully saturated rings. The van der Waals surface area contributed by atoms with Crippen LogP contribution in [0.3, 0.4) is 0 Å². The monoisotopic (exact) mass is 447 g/mol. The van der Waals surface area contributed by atoms with Gasteiger partial charge in [0.2, 0.25) is 10.0 Å². The van der Waals surface area contributed by atoms with Crippen LogP contribution in [0.5, 0.6) is 5.75 Å². The summed E-state index contributed by atoms with van der Waals surface area (Å²) in [7, 11) is -2.27. The maximum absolute atomic E-state index is 13.2. The number of rotatable bonds is 6. The van der Waals surface area contributed by atoms with E-state index in [0.29, 0.717) is 31.9 Å². The molecule has 2 aromatic rings. The lowest BCUT2D eigenvalue weighted by atomic mass is 10.1. The van der Waals surface area contributed by atoms with Crippen LogP contribution in [-0.4, -0.2) is 58.7 Å². The van der Waals surface area contributed by atoms with E-state index in [9.17, 15) is 13.2 Å². The van der Waals surface area contributed by atoms with Crippen molar-refractivity contribution in [3.63, 3.8) is 0 Å². The zero-order chi connectivity index (χ0) is 22.6. The maximum atomic E-state index is 13.2. The highest BCUT2D eigenvalue weighted by atomic mass is 32.2. The lowest BCUT2D eigenvalue weighted by Gasteiger charge is -2.36. The van der Waals surface area contributed by atoms with Crippen LogP contribution in [0.4, 0.5) is 16.2 Å². The number of ether oxygens (including phenoxy) is 2. The van der Waals surface area contributed by atoms with Gasteiger partial charge in [-0.1, -0.05) is 12.1 Å². The van der Waals surface area contributed by atoms with Gasteiger partial charge in [-0.2, -0.15) is 4.31 Å². The van der Waals surface area contributed by atoms with Gasteiger partial charge in [-0.05, 0) is 56.2 Å². The van der Waals surface area contributed by atoms with Gasteiger partial charge in [-0.25, -0.2) is 13.2 Å². The molecule has 0 saturated carbocycles. The number of hydrogen-bond acceptors (Lipinski definition) is 6. The summed E-state index contributed by atoms with van der Waals surface area (Å²) >= 11 is 0. The van der Waals surface area contributed by atoms with Crippen molar-refractivity contribution in [2.45, 2.75) is 25.7 Å². The van der Waals surface area contributed by atoms with Crippen molar-refractivity contribution in [2.24, 2.45) is 0 Å². The first-order chi connectivity index (χ1) is 14.8. The highest BCUT2D eigenvalue weighted by Gasteiger charge is 2.30. The third-order valence-electron chi connectivity index (χ3n) is 5.48. The molecule has 1 aliphatic heterocycles. The van der Waals surface area contributed by atoms with E-state index in [4.69, 9.17) is 9.47 Å². The predicted octanol–water partition coefficient (Wildman–Crippen LogP) is 3.39. The summed E-state index contributed by atoms with van der Waals surface area (Å²) in [5.74, 6) is 0.353. The molecule has 0 aromatic heterocycles. The van der Waals surface area contributed by atoms with Crippen molar-refractivity contribution >= 4 is 27.5 Å². The number of anilines is 2. The van der Waals surface area contributed by atoms with Gasteiger partial charge in [-0.3, -0.25) is 5.32 Å². The zero-order valence-corrected chi connectivity index (χ0v) is 19.2. The van der Waals surface area contributed by atoms with Gasteiger partial charge in [0.25, 0.3) is 0 Å². The maximum Gasteiger partial charge on any atom is 0.411 e. The quantitative estimate of drug-likeness (QED) is 0.730. The van der Waals surface area contributed by atoms with Gasteiger partial charge < -0.3 is 14.4 Å². The number of hydrogen-bond donors (Lipinski definition) is 1. The number of aryl methyl sites for hydroxylation is 1. The Bertz CT molecular complexity index is 1050. The van der Waals surface area contributed by atoms with E-state index < -0.39 is 16.1 Å². The summed E-state index contributed by atoms with van der Waals surface area (Å²) in [6.45, 7) is 8.02. The average molecular weight is 448 g/mol. The predicted molar refractivity (Wildman–Crippen MR) is 121 cm³/mol. The van der Waals surface area contributed by atoms with Gasteiger partial charge in [0.1, 0.15) is 5.75 Å². The van der Waals surface area contributed by atoms with E-state index >= 15 is 0 Å². The fraction of sp³-hybridized carbons (Fsp3) is 0.409. The molecule has 0 aliphatic carbocycles. The molecule has 0 bridgehead atoms. The molecule has 9 heteroatoms. The van der Waals surface area contributed by atoms with Crippen LogP contribution in [0.15, 0.2) is 41.3 Å². The molecule has 31 heavy (non-hydrogen) atoms. The van der Waals surface area contributed by atoms with Gasteiger partial charge in [0, 0.05) is 31.9 Å². The van der Waals surface area contributed by atoms with Crippen molar-refractivity contribution in [3.05, 3.63) is 47.5 Å². The standard InChI is InChI=1S/C22H29N3O5S/c1-5-30-22(26)23-19-15-18(9-10-21(19)29-4)31(27,28)25-13-11-24(12-14-25)20-8-6-7-16(2)17(20)3/h6-10,15H,5,11-14H2,1-4H3,(H,23,26). The van der Waals surface area contributed by atoms with E-state index in [2.05, 4.69) is 36.2 Å². The molecule has 0 radical (unpaired) electrons. The molecule has 1 amide bonds. The molecule has 0 spiro atoms. The van der Waals surface area contributed by atoms with Crippen LogP contribution < -0.4 is 15.0 Å². The first-order valence-corrected chi connectivity index (χ1v) is 11.6. The van der Waals surface area contributed by atoms with E-state index in [0.717, 1.165) is 5.69 Å². The Kier molecular flexibility index (Phi) is 7.07. The fourth-order valence-electron chi connectivity index (χ4n) is 3.62. The number of carbonyl (C=O) groups is 1. The number of nitrogens with one attached hydrogen (secondary N) is 1. The van der Waals surface area contributed by atoms with Crippen LogP contribution in [0, 0.1) is 13.8 Å². The summed E-state index contributed by atoms with van der Waals surface area (Å²) in [5, 5.41) is 2.54. The minimum absolute atomic E-state index is 0.0975. The smallest absolute Gasteiger partial charge is 0.411 e. The summed E-state index contributed by atoms with van der Waals surface area (Å²) < 4.78 is 38.1. The summed E-state index contributed by atoms with van der Waals surface area (Å²) in [4.78, 5) is 14.1. The summed E-state index contributed by atoms with van der Waals surface area (Å²) in [6, 6.07) is 10.6. The number of benzene rings is 2. The van der Waals surface area contributed by atoms with Crippen LogP contribution in [0.2, 0.25) is 0 Å². The van der Waals surface area contributed by atoms with Crippen molar-refractivity contribution in [1.82, 2.24) is 4.31 Å². The highest BCUT2D eigenvalue weighted by molar-refractivity contribution is 7.89. The molecule has 8 nitrogen and oxygen atoms in total. The minimum Gasteiger partial charge on any atom is -0.495 e. The molecule has 2 aromatic carbocycles. The molecule has 1 aliphatic rings. The summed E-state index contributed by atoms with van der Waals surface area (Å²) in [6.07, 6.45) is -0.669. The number of nitrogens with zero attached hydrogens (tertiary/aromatic N) is 2. The van der Waals surface area contributed by atoms with Crippen LogP contribution in [0.1, 0.15) is 18.1 Å². The lowest BCUT2D eigenvalue weighted by Crippen LogP contribution is -2.48. The molecule has 0 unspecified atom stereocenters. The second-order valence-electron chi connectivity index (χ2n) is 7.32. The Morgan fingerprint density at radius 2 is 1.81 bits per heavy atom. The Hall–Kier alpha value is -2.78. The second-order valence-corrected chi connectivity index (χ2v) is 9.26. The van der Waals surface area contributed by atoms with Crippen LogP contribution >= 0.6 is 0 Å². The van der Waals surface area contributed by atoms with E-state index in [1.165, 1.54) is 40.7 Å². The number of carbonyl (C=O) groups excluding carboxylic acids is 1. The Morgan fingerprint density at radius 1 is 1.10 bits per heavy atom. The molecule has 168 valence electrons. The number of sulfonamides is 1. The number of amides is 1. The topological polar surface area (TPSA) is 88.2 Å². The van der Waals surface area contributed by atoms with Gasteiger partial charge in [-0.15, -0.1) is 0 Å². The molecule has 3 rings (SSSR count). The first kappa shape index (κ1) is 22.9. The molecule has 1 N–H and O–H groups in total. The molecule has 0 atom stereocenters. The zero-order valence-electron chi connectivity index (χ0n) is 18.3. The number of piperazine rings is 1. The number of methoxy groups -OCH3 is 1. The molecule has 1 heterocycles. The summed E-state index contributed by atoms with van der Waals surface area (Å²) in [5.41, 5.74) is 3.81. The van der Waals surface area contributed by atoms with Crippen molar-refractivity contribution < 1.29 is 22.7 Å². The Balaban J connectivity index is 1.78. The minimum atomic E-state index is -3.72. The van der Waals surface area contributed by atoms with Crippen LogP contribution in [-0.2, 0) is 14.8 Å². The third-order valence-corrected chi connectivity index (χ3v) is 7.37. The molecular weight excluding hydrogens is 418 g/mol. The van der Waals surface area contributed by atoms with E-state index in [1.54, 1.807) is 6.92 Å². The van der Waals surface area contributed by atoms with Gasteiger partial charge in [0.05, 0.1) is 24.3 Å². The van der Waals surface area contributed by atoms with Crippen molar-refractivity contribution in [3.8, 4) is 5.75 Å². The van der Waals surface area contributed by atoms with E-state index in [-0.39, 0.29) is 17.2 Å². The van der Waals surface area contributed by atoms with E-state index in [1.807, 2.05) is 6.07 Å². The molecular formula is C22H29N3O5S. The van der Waals surface area contributed by atoms with Crippen molar-refractivity contribution in [2.75, 3.05) is 50.1 Å². The Labute approximate surface area is 183 Å². The van der Waals surface area contributed by atoms with Gasteiger partial charge >= 0.3 is 6.09 Å². The average Bonchev–Trinajstić information content (AvgIpc) is 2.76. The SMILES string of the molecule is CCOC(=O)Nc1cc(S(=O)(=O)N2CCN(c3cccc(C)c3C)CC2)ccc1OC. The molecule has 1 saturated heterocycles. The van der Waals surface area contributed by atoms with Crippen LogP contribution in [0.25, 0.3) is 0 Å². The van der Waals surface area contributed by atoms with Gasteiger partial charge in [0.15, 0.2) is 0 Å². The Morgan fingerprint density at radius 3 is 2.45 bits per heavy atom. The normalized spacial score (nSPS) is 14.9.